The van der Waals surface area contributed by atoms with Crippen LogP contribution in [-0.2, 0) is 9.59 Å². The fraction of sp³-hybridized carbons (Fsp3) is 0.286. The molecule has 0 saturated carbocycles. The van der Waals surface area contributed by atoms with Gasteiger partial charge >= 0.3 is 0 Å². The lowest BCUT2D eigenvalue weighted by atomic mass is 10.1. The molecule has 0 radical (unpaired) electrons. The van der Waals surface area contributed by atoms with Crippen LogP contribution in [0.3, 0.4) is 0 Å². The molecule has 1 heterocycles. The Labute approximate surface area is 169 Å². The van der Waals surface area contributed by atoms with Crippen molar-refractivity contribution >= 4 is 23.7 Å². The number of nitrogens with zero attached hydrogens (tertiary/aromatic N) is 2. The van der Waals surface area contributed by atoms with Gasteiger partial charge < -0.3 is 19.1 Å². The molecule has 1 N–H and O–H groups in total. The highest BCUT2D eigenvalue weighted by molar-refractivity contribution is 6.00. The molecule has 1 saturated heterocycles. The zero-order chi connectivity index (χ0) is 20.8. The number of nitrogens with one attached hydrogen (secondary N) is 1. The summed E-state index contributed by atoms with van der Waals surface area (Å²) in [5.74, 6) is 1.06. The van der Waals surface area contributed by atoms with Crippen molar-refractivity contribution in [3.05, 3.63) is 48.0 Å². The minimum absolute atomic E-state index is 0.101. The van der Waals surface area contributed by atoms with E-state index >= 15 is 0 Å². The van der Waals surface area contributed by atoms with Gasteiger partial charge in [-0.25, -0.2) is 5.43 Å². The predicted molar refractivity (Wildman–Crippen MR) is 109 cm³/mol. The fourth-order valence-electron chi connectivity index (χ4n) is 3.08. The Morgan fingerprint density at radius 1 is 1.07 bits per heavy atom. The summed E-state index contributed by atoms with van der Waals surface area (Å²) >= 11 is 0. The number of benzene rings is 2. The number of hydrogen-bond donors (Lipinski definition) is 1. The molecule has 0 aliphatic carbocycles. The number of carbonyl (C=O) groups excluding carboxylic acids is 2. The van der Waals surface area contributed by atoms with Gasteiger partial charge in [0.2, 0.25) is 11.8 Å². The van der Waals surface area contributed by atoms with Gasteiger partial charge in [-0.2, -0.15) is 5.10 Å². The van der Waals surface area contributed by atoms with E-state index in [0.29, 0.717) is 29.4 Å². The van der Waals surface area contributed by atoms with Crippen LogP contribution in [0, 0.1) is 5.92 Å². The Hall–Kier alpha value is -3.55. The van der Waals surface area contributed by atoms with Crippen LogP contribution < -0.4 is 24.5 Å². The molecule has 1 aliphatic heterocycles. The summed E-state index contributed by atoms with van der Waals surface area (Å²) in [5, 5.41) is 4.00. The predicted octanol–water partition coefficient (Wildman–Crippen LogP) is 2.22. The molecule has 152 valence electrons. The van der Waals surface area contributed by atoms with Crippen molar-refractivity contribution in [2.24, 2.45) is 11.0 Å². The summed E-state index contributed by atoms with van der Waals surface area (Å²) in [6.45, 7) is 0.304. The lowest BCUT2D eigenvalue weighted by Gasteiger charge is -2.16. The van der Waals surface area contributed by atoms with Crippen LogP contribution in [0.4, 0.5) is 5.69 Å². The number of hydrazone groups is 1. The zero-order valence-electron chi connectivity index (χ0n) is 16.5. The van der Waals surface area contributed by atoms with Crippen molar-refractivity contribution in [3.63, 3.8) is 0 Å². The lowest BCUT2D eigenvalue weighted by molar-refractivity contribution is -0.126. The Morgan fingerprint density at radius 2 is 1.76 bits per heavy atom. The molecule has 2 amide bonds. The SMILES string of the molecule is COc1ccc(N2C[C@H](C(=O)N/N=C/c3ccc(OC)cc3OC)CC2=O)cc1. The summed E-state index contributed by atoms with van der Waals surface area (Å²) in [6.07, 6.45) is 1.63. The number of anilines is 1. The molecular weight excluding hydrogens is 374 g/mol. The number of carbonyl (C=O) groups is 2. The number of ether oxygens (including phenoxy) is 3. The lowest BCUT2D eigenvalue weighted by Crippen LogP contribution is -2.30. The van der Waals surface area contributed by atoms with Gasteiger partial charge in [-0.3, -0.25) is 9.59 Å². The Morgan fingerprint density at radius 3 is 2.41 bits per heavy atom. The van der Waals surface area contributed by atoms with Crippen LogP contribution in [0.15, 0.2) is 47.6 Å². The van der Waals surface area contributed by atoms with Gasteiger partial charge in [0.1, 0.15) is 17.2 Å². The molecule has 0 unspecified atom stereocenters. The first-order valence-corrected chi connectivity index (χ1v) is 9.05. The van der Waals surface area contributed by atoms with Crippen LogP contribution in [0.25, 0.3) is 0 Å². The molecule has 2 aromatic carbocycles. The highest BCUT2D eigenvalue weighted by Gasteiger charge is 2.35. The minimum atomic E-state index is -0.473. The van der Waals surface area contributed by atoms with Crippen molar-refractivity contribution in [2.75, 3.05) is 32.8 Å². The Balaban J connectivity index is 1.61. The van der Waals surface area contributed by atoms with Gasteiger partial charge in [-0.05, 0) is 36.4 Å². The zero-order valence-corrected chi connectivity index (χ0v) is 16.5. The van der Waals surface area contributed by atoms with Gasteiger partial charge in [-0.15, -0.1) is 0 Å². The van der Waals surface area contributed by atoms with E-state index < -0.39 is 5.92 Å². The molecule has 0 bridgehead atoms. The van der Waals surface area contributed by atoms with Crippen molar-refractivity contribution in [1.29, 1.82) is 0 Å². The number of methoxy groups -OCH3 is 3. The van der Waals surface area contributed by atoms with E-state index in [1.807, 2.05) is 0 Å². The maximum atomic E-state index is 12.4. The van der Waals surface area contributed by atoms with Crippen molar-refractivity contribution < 1.29 is 23.8 Å². The van der Waals surface area contributed by atoms with Gasteiger partial charge in [-0.1, -0.05) is 0 Å². The smallest absolute Gasteiger partial charge is 0.245 e. The maximum absolute atomic E-state index is 12.4. The van der Waals surface area contributed by atoms with E-state index in [4.69, 9.17) is 14.2 Å². The summed E-state index contributed by atoms with van der Waals surface area (Å²) < 4.78 is 15.6. The first-order chi connectivity index (χ1) is 14.0. The fourth-order valence-corrected chi connectivity index (χ4v) is 3.08. The number of hydrogen-bond acceptors (Lipinski definition) is 6. The molecule has 1 aliphatic rings. The third kappa shape index (κ3) is 4.66. The molecule has 1 atom stereocenters. The molecule has 0 aromatic heterocycles. The standard InChI is InChI=1S/C21H23N3O5/c1-27-17-8-5-16(6-9-17)24-13-15(10-20(24)25)21(26)23-22-12-14-4-7-18(28-2)11-19(14)29-3/h4-9,11-12,15H,10,13H2,1-3H3,(H,23,26)/b22-12+/t15-/m1/s1. The first kappa shape index (κ1) is 20.2. The van der Waals surface area contributed by atoms with E-state index in [-0.39, 0.29) is 18.2 Å². The van der Waals surface area contributed by atoms with Gasteiger partial charge in [0.25, 0.3) is 0 Å². The van der Waals surface area contributed by atoms with E-state index in [1.54, 1.807) is 68.7 Å². The van der Waals surface area contributed by atoms with Crippen LogP contribution in [-0.4, -0.2) is 45.9 Å². The second kappa shape index (κ2) is 9.09. The van der Waals surface area contributed by atoms with Crippen LogP contribution >= 0.6 is 0 Å². The Bertz CT molecular complexity index is 911. The highest BCUT2D eigenvalue weighted by atomic mass is 16.5. The molecule has 2 aromatic rings. The molecule has 3 rings (SSSR count). The van der Waals surface area contributed by atoms with E-state index in [2.05, 4.69) is 10.5 Å². The average molecular weight is 397 g/mol. The monoisotopic (exact) mass is 397 g/mol. The third-order valence-electron chi connectivity index (χ3n) is 4.70. The summed E-state index contributed by atoms with van der Waals surface area (Å²) in [6, 6.07) is 12.4. The molecule has 8 heteroatoms. The van der Waals surface area contributed by atoms with Crippen molar-refractivity contribution in [3.8, 4) is 17.2 Å². The van der Waals surface area contributed by atoms with Crippen LogP contribution in [0.1, 0.15) is 12.0 Å². The topological polar surface area (TPSA) is 89.5 Å². The summed E-state index contributed by atoms with van der Waals surface area (Å²) in [5.41, 5.74) is 3.93. The van der Waals surface area contributed by atoms with Gasteiger partial charge in [0.05, 0.1) is 33.5 Å². The first-order valence-electron chi connectivity index (χ1n) is 9.05. The van der Waals surface area contributed by atoms with E-state index in [9.17, 15) is 9.59 Å². The molecule has 29 heavy (non-hydrogen) atoms. The van der Waals surface area contributed by atoms with Gasteiger partial charge in [0, 0.05) is 30.3 Å². The third-order valence-corrected chi connectivity index (χ3v) is 4.70. The quantitative estimate of drug-likeness (QED) is 0.572. The van der Waals surface area contributed by atoms with Gasteiger partial charge in [0.15, 0.2) is 0 Å². The average Bonchev–Trinajstić information content (AvgIpc) is 3.15. The van der Waals surface area contributed by atoms with E-state index in [0.717, 1.165) is 5.69 Å². The maximum Gasteiger partial charge on any atom is 0.245 e. The Kier molecular flexibility index (Phi) is 6.33. The normalized spacial score (nSPS) is 16.2. The van der Waals surface area contributed by atoms with Crippen LogP contribution in [0.2, 0.25) is 0 Å². The highest BCUT2D eigenvalue weighted by Crippen LogP contribution is 2.27. The molecular formula is C21H23N3O5. The number of amides is 2. The number of rotatable bonds is 7. The van der Waals surface area contributed by atoms with Crippen LogP contribution in [0.5, 0.6) is 17.2 Å². The largest absolute Gasteiger partial charge is 0.497 e. The molecule has 8 nitrogen and oxygen atoms in total. The van der Waals surface area contributed by atoms with E-state index in [1.165, 1.54) is 6.21 Å². The summed E-state index contributed by atoms with van der Waals surface area (Å²) in [4.78, 5) is 26.4. The molecule has 1 fully saturated rings. The minimum Gasteiger partial charge on any atom is -0.497 e. The second-order valence-corrected chi connectivity index (χ2v) is 6.45. The van der Waals surface area contributed by atoms with Crippen molar-refractivity contribution in [1.82, 2.24) is 5.43 Å². The molecule has 0 spiro atoms. The second-order valence-electron chi connectivity index (χ2n) is 6.45. The summed E-state index contributed by atoms with van der Waals surface area (Å²) in [7, 11) is 4.70. The van der Waals surface area contributed by atoms with Crippen molar-refractivity contribution in [2.45, 2.75) is 6.42 Å².